The standard InChI is InChI=1S/C13H12F3N3OS2/c14-13(15,16)10-7-17-11(22-10)18-12(20)19-5-1-3-8(19)9-4-2-6-21-9/h2,4,6-8H,1,3,5H2,(H,17,18,20). The van der Waals surface area contributed by atoms with Crippen LogP contribution in [0.15, 0.2) is 23.7 Å². The summed E-state index contributed by atoms with van der Waals surface area (Å²) < 4.78 is 37.6. The third kappa shape index (κ3) is 3.09. The van der Waals surface area contributed by atoms with E-state index in [9.17, 15) is 18.0 Å². The maximum atomic E-state index is 12.5. The first-order valence-electron chi connectivity index (χ1n) is 6.59. The third-order valence-corrected chi connectivity index (χ3v) is 5.32. The van der Waals surface area contributed by atoms with E-state index in [1.54, 1.807) is 16.2 Å². The number of nitrogens with one attached hydrogen (secondary N) is 1. The second-order valence-electron chi connectivity index (χ2n) is 4.82. The Hall–Kier alpha value is -1.61. The molecule has 4 nitrogen and oxygen atoms in total. The summed E-state index contributed by atoms with van der Waals surface area (Å²) in [7, 11) is 0. The third-order valence-electron chi connectivity index (χ3n) is 3.38. The summed E-state index contributed by atoms with van der Waals surface area (Å²) in [5, 5.41) is 4.38. The molecule has 0 bridgehead atoms. The van der Waals surface area contributed by atoms with Crippen molar-refractivity contribution < 1.29 is 18.0 Å². The Balaban J connectivity index is 1.70. The van der Waals surface area contributed by atoms with Gasteiger partial charge in [-0.3, -0.25) is 5.32 Å². The van der Waals surface area contributed by atoms with Crippen molar-refractivity contribution in [3.05, 3.63) is 33.5 Å². The van der Waals surface area contributed by atoms with Crippen molar-refractivity contribution in [3.63, 3.8) is 0 Å². The molecule has 0 aromatic carbocycles. The number of amides is 2. The summed E-state index contributed by atoms with van der Waals surface area (Å²) in [4.78, 5) is 17.8. The van der Waals surface area contributed by atoms with Crippen LogP contribution in [0.2, 0.25) is 0 Å². The fourth-order valence-corrected chi connectivity index (χ4v) is 3.96. The van der Waals surface area contributed by atoms with E-state index in [1.807, 2.05) is 17.5 Å². The normalized spacial score (nSPS) is 18.7. The molecule has 1 fully saturated rings. The lowest BCUT2D eigenvalue weighted by Gasteiger charge is -2.23. The van der Waals surface area contributed by atoms with Crippen LogP contribution in [0.4, 0.5) is 23.1 Å². The minimum atomic E-state index is -4.44. The lowest BCUT2D eigenvalue weighted by Crippen LogP contribution is -2.34. The van der Waals surface area contributed by atoms with E-state index < -0.39 is 17.1 Å². The van der Waals surface area contributed by atoms with Crippen molar-refractivity contribution in [1.29, 1.82) is 0 Å². The van der Waals surface area contributed by atoms with Gasteiger partial charge in [-0.2, -0.15) is 13.2 Å². The van der Waals surface area contributed by atoms with Crippen molar-refractivity contribution in [2.24, 2.45) is 0 Å². The van der Waals surface area contributed by atoms with Crippen molar-refractivity contribution in [2.75, 3.05) is 11.9 Å². The van der Waals surface area contributed by atoms with Crippen LogP contribution in [0.25, 0.3) is 0 Å². The molecule has 0 radical (unpaired) electrons. The molecule has 2 aromatic heterocycles. The van der Waals surface area contributed by atoms with Gasteiger partial charge in [-0.05, 0) is 24.3 Å². The average Bonchev–Trinajstić information content (AvgIpc) is 3.18. The Bertz CT molecular complexity index is 654. The topological polar surface area (TPSA) is 45.2 Å². The first kappa shape index (κ1) is 15.3. The molecule has 0 aliphatic carbocycles. The number of thiophene rings is 1. The highest BCUT2D eigenvalue weighted by atomic mass is 32.1. The Morgan fingerprint density at radius 2 is 2.27 bits per heavy atom. The second-order valence-corrected chi connectivity index (χ2v) is 6.83. The number of aromatic nitrogens is 1. The molecule has 22 heavy (non-hydrogen) atoms. The Kier molecular flexibility index (Phi) is 4.09. The van der Waals surface area contributed by atoms with Gasteiger partial charge < -0.3 is 4.90 Å². The second kappa shape index (κ2) is 5.88. The maximum absolute atomic E-state index is 12.5. The number of nitrogens with zero attached hydrogens (tertiary/aromatic N) is 2. The molecular formula is C13H12F3N3OS2. The molecule has 118 valence electrons. The molecule has 1 N–H and O–H groups in total. The molecule has 9 heteroatoms. The van der Waals surface area contributed by atoms with Crippen LogP contribution in [-0.2, 0) is 6.18 Å². The lowest BCUT2D eigenvalue weighted by atomic mass is 10.2. The van der Waals surface area contributed by atoms with Gasteiger partial charge in [-0.1, -0.05) is 17.4 Å². The zero-order valence-electron chi connectivity index (χ0n) is 11.3. The Labute approximate surface area is 132 Å². The van der Waals surface area contributed by atoms with Crippen LogP contribution in [-0.4, -0.2) is 22.5 Å². The molecule has 2 amide bonds. The van der Waals surface area contributed by atoms with Crippen molar-refractivity contribution in [1.82, 2.24) is 9.88 Å². The van der Waals surface area contributed by atoms with Gasteiger partial charge in [0, 0.05) is 11.4 Å². The van der Waals surface area contributed by atoms with Crippen molar-refractivity contribution >= 4 is 33.8 Å². The highest BCUT2D eigenvalue weighted by molar-refractivity contribution is 7.15. The molecule has 0 saturated carbocycles. The summed E-state index contributed by atoms with van der Waals surface area (Å²) in [6.07, 6.45) is -1.96. The molecule has 1 atom stereocenters. The Morgan fingerprint density at radius 3 is 2.91 bits per heavy atom. The predicted molar refractivity (Wildman–Crippen MR) is 79.1 cm³/mol. The molecule has 1 saturated heterocycles. The zero-order chi connectivity index (χ0) is 15.7. The zero-order valence-corrected chi connectivity index (χ0v) is 12.9. The average molecular weight is 347 g/mol. The number of hydrogen-bond donors (Lipinski definition) is 1. The van der Waals surface area contributed by atoms with Crippen LogP contribution in [0.5, 0.6) is 0 Å². The van der Waals surface area contributed by atoms with E-state index in [0.29, 0.717) is 17.9 Å². The van der Waals surface area contributed by atoms with E-state index >= 15 is 0 Å². The molecule has 0 spiro atoms. The summed E-state index contributed by atoms with van der Waals surface area (Å²) in [5.74, 6) is 0. The van der Waals surface area contributed by atoms with Gasteiger partial charge in [0.25, 0.3) is 0 Å². The SMILES string of the molecule is O=C(Nc1ncc(C(F)(F)F)s1)N1CCCC1c1cccs1. The van der Waals surface area contributed by atoms with Gasteiger partial charge in [0.05, 0.1) is 12.2 Å². The minimum absolute atomic E-state index is 0.0120. The molecule has 1 aliphatic rings. The van der Waals surface area contributed by atoms with Crippen molar-refractivity contribution in [3.8, 4) is 0 Å². The van der Waals surface area contributed by atoms with Crippen LogP contribution < -0.4 is 5.32 Å². The van der Waals surface area contributed by atoms with Crippen LogP contribution in [0.1, 0.15) is 28.6 Å². The molecule has 3 heterocycles. The van der Waals surface area contributed by atoms with Gasteiger partial charge in [-0.15, -0.1) is 11.3 Å². The molecular weight excluding hydrogens is 335 g/mol. The van der Waals surface area contributed by atoms with Crippen LogP contribution >= 0.6 is 22.7 Å². The fourth-order valence-electron chi connectivity index (χ4n) is 2.41. The Morgan fingerprint density at radius 1 is 1.45 bits per heavy atom. The molecule has 1 unspecified atom stereocenters. The number of carbonyl (C=O) groups is 1. The number of rotatable bonds is 2. The van der Waals surface area contributed by atoms with E-state index in [0.717, 1.165) is 23.9 Å². The van der Waals surface area contributed by atoms with E-state index in [1.165, 1.54) is 0 Å². The first-order valence-corrected chi connectivity index (χ1v) is 8.29. The summed E-state index contributed by atoms with van der Waals surface area (Å²) in [6.45, 7) is 0.589. The highest BCUT2D eigenvalue weighted by Gasteiger charge is 2.34. The van der Waals surface area contributed by atoms with Gasteiger partial charge in [-0.25, -0.2) is 9.78 Å². The van der Waals surface area contributed by atoms with Gasteiger partial charge >= 0.3 is 12.2 Å². The van der Waals surface area contributed by atoms with Gasteiger partial charge in [0.2, 0.25) is 0 Å². The van der Waals surface area contributed by atoms with Gasteiger partial charge in [0.1, 0.15) is 4.88 Å². The number of thiazole rings is 1. The smallest absolute Gasteiger partial charge is 0.317 e. The van der Waals surface area contributed by atoms with Gasteiger partial charge in [0.15, 0.2) is 5.13 Å². The van der Waals surface area contributed by atoms with Crippen molar-refractivity contribution in [2.45, 2.75) is 25.1 Å². The lowest BCUT2D eigenvalue weighted by molar-refractivity contribution is -0.134. The quantitative estimate of drug-likeness (QED) is 0.863. The number of halogens is 3. The molecule has 1 aliphatic heterocycles. The number of anilines is 1. The number of hydrogen-bond acceptors (Lipinski definition) is 4. The highest BCUT2D eigenvalue weighted by Crippen LogP contribution is 2.37. The largest absolute Gasteiger partial charge is 0.427 e. The predicted octanol–water partition coefficient (Wildman–Crippen LogP) is 4.59. The van der Waals surface area contributed by atoms with Crippen LogP contribution in [0, 0.1) is 0 Å². The van der Waals surface area contributed by atoms with E-state index in [4.69, 9.17) is 0 Å². The summed E-state index contributed by atoms with van der Waals surface area (Å²) in [5.41, 5.74) is 0. The monoisotopic (exact) mass is 347 g/mol. The number of urea groups is 1. The summed E-state index contributed by atoms with van der Waals surface area (Å²) >= 11 is 2.01. The summed E-state index contributed by atoms with van der Waals surface area (Å²) in [6, 6.07) is 3.47. The number of carbonyl (C=O) groups excluding carboxylic acids is 1. The molecule has 3 rings (SSSR count). The fraction of sp³-hybridized carbons (Fsp3) is 0.385. The number of likely N-dealkylation sites (tertiary alicyclic amines) is 1. The van der Waals surface area contributed by atoms with E-state index in [2.05, 4.69) is 10.3 Å². The first-order chi connectivity index (χ1) is 10.4. The molecule has 2 aromatic rings. The maximum Gasteiger partial charge on any atom is 0.427 e. The van der Waals surface area contributed by atoms with E-state index in [-0.39, 0.29) is 11.2 Å². The number of alkyl halides is 3. The van der Waals surface area contributed by atoms with Crippen LogP contribution in [0.3, 0.4) is 0 Å². The minimum Gasteiger partial charge on any atom is -0.317 e.